The van der Waals surface area contributed by atoms with Crippen molar-refractivity contribution >= 4 is 0 Å². The van der Waals surface area contributed by atoms with Crippen molar-refractivity contribution in [1.82, 2.24) is 5.32 Å². The molecule has 4 nitrogen and oxygen atoms in total. The summed E-state index contributed by atoms with van der Waals surface area (Å²) in [6.45, 7) is 1.07. The van der Waals surface area contributed by atoms with E-state index >= 15 is 0 Å². The first kappa shape index (κ1) is 15.6. The van der Waals surface area contributed by atoms with Gasteiger partial charge in [0.25, 0.3) is 0 Å². The van der Waals surface area contributed by atoms with Gasteiger partial charge in [0.1, 0.15) is 0 Å². The zero-order valence-electron chi connectivity index (χ0n) is 12.4. The van der Waals surface area contributed by atoms with E-state index in [-0.39, 0.29) is 0 Å². The minimum absolute atomic E-state index is 0.678. The zero-order valence-corrected chi connectivity index (χ0v) is 12.4. The molecule has 0 aliphatic rings. The van der Waals surface area contributed by atoms with E-state index in [9.17, 15) is 0 Å². The van der Waals surface area contributed by atoms with Crippen LogP contribution in [0.15, 0.2) is 12.1 Å². The third kappa shape index (κ3) is 4.31. The second-order valence-corrected chi connectivity index (χ2v) is 4.41. The van der Waals surface area contributed by atoms with Crippen LogP contribution in [0.4, 0.5) is 0 Å². The molecule has 1 rings (SSSR count). The molecule has 1 aromatic rings. The van der Waals surface area contributed by atoms with E-state index in [1.807, 2.05) is 13.1 Å². The largest absolute Gasteiger partial charge is 0.493 e. The van der Waals surface area contributed by atoms with Gasteiger partial charge in [-0.2, -0.15) is 0 Å². The van der Waals surface area contributed by atoms with Crippen molar-refractivity contribution in [3.8, 4) is 17.2 Å². The predicted octanol–water partition coefficient (Wildman–Crippen LogP) is 2.64. The fraction of sp³-hybridized carbons (Fsp3) is 0.600. The Morgan fingerprint density at radius 3 is 2.21 bits per heavy atom. The summed E-state index contributed by atoms with van der Waals surface area (Å²) in [4.78, 5) is 0. The standard InChI is InChI=1S/C15H25NO3/c1-16-11-7-5-6-8-12-9-10-13(17-2)15(19-4)14(12)18-3/h9-10,16H,5-8,11H2,1-4H3. The van der Waals surface area contributed by atoms with Crippen molar-refractivity contribution in [3.05, 3.63) is 17.7 Å². The van der Waals surface area contributed by atoms with Gasteiger partial charge in [0.2, 0.25) is 5.75 Å². The lowest BCUT2D eigenvalue weighted by molar-refractivity contribution is 0.322. The highest BCUT2D eigenvalue weighted by Gasteiger charge is 2.15. The number of hydrogen-bond acceptors (Lipinski definition) is 4. The molecule has 1 aromatic carbocycles. The lowest BCUT2D eigenvalue weighted by Gasteiger charge is -2.15. The summed E-state index contributed by atoms with van der Waals surface area (Å²) in [5.41, 5.74) is 1.17. The number of unbranched alkanes of at least 4 members (excludes halogenated alkanes) is 2. The first-order valence-electron chi connectivity index (χ1n) is 6.70. The number of rotatable bonds is 9. The highest BCUT2D eigenvalue weighted by molar-refractivity contribution is 5.55. The summed E-state index contributed by atoms with van der Waals surface area (Å²) < 4.78 is 16.1. The Labute approximate surface area is 116 Å². The third-order valence-electron chi connectivity index (χ3n) is 3.16. The summed E-state index contributed by atoms with van der Waals surface area (Å²) in [7, 11) is 6.92. The normalized spacial score (nSPS) is 10.3. The second kappa shape index (κ2) is 8.64. The average molecular weight is 267 g/mol. The van der Waals surface area contributed by atoms with Gasteiger partial charge in [-0.1, -0.05) is 12.5 Å². The molecule has 0 aliphatic carbocycles. The Morgan fingerprint density at radius 1 is 0.895 bits per heavy atom. The molecular weight excluding hydrogens is 242 g/mol. The molecule has 0 atom stereocenters. The Bertz CT molecular complexity index is 380. The van der Waals surface area contributed by atoms with Crippen molar-refractivity contribution in [1.29, 1.82) is 0 Å². The van der Waals surface area contributed by atoms with Crippen LogP contribution >= 0.6 is 0 Å². The summed E-state index contributed by atoms with van der Waals surface area (Å²) in [6, 6.07) is 3.99. The number of hydrogen-bond donors (Lipinski definition) is 1. The second-order valence-electron chi connectivity index (χ2n) is 4.41. The van der Waals surface area contributed by atoms with Gasteiger partial charge in [0.05, 0.1) is 21.3 Å². The van der Waals surface area contributed by atoms with Crippen LogP contribution in [0.2, 0.25) is 0 Å². The van der Waals surface area contributed by atoms with Crippen LogP contribution in [-0.4, -0.2) is 34.9 Å². The van der Waals surface area contributed by atoms with E-state index < -0.39 is 0 Å². The lowest BCUT2D eigenvalue weighted by atomic mass is 10.0. The smallest absolute Gasteiger partial charge is 0.203 e. The minimum Gasteiger partial charge on any atom is -0.493 e. The van der Waals surface area contributed by atoms with E-state index in [2.05, 4.69) is 11.4 Å². The molecule has 19 heavy (non-hydrogen) atoms. The Morgan fingerprint density at radius 2 is 1.63 bits per heavy atom. The van der Waals surface area contributed by atoms with E-state index in [1.165, 1.54) is 18.4 Å². The van der Waals surface area contributed by atoms with Gasteiger partial charge < -0.3 is 19.5 Å². The number of nitrogens with one attached hydrogen (secondary N) is 1. The molecule has 1 N–H and O–H groups in total. The molecule has 0 fully saturated rings. The molecule has 0 unspecified atom stereocenters. The van der Waals surface area contributed by atoms with Crippen LogP contribution in [-0.2, 0) is 6.42 Å². The molecule has 0 aliphatic heterocycles. The van der Waals surface area contributed by atoms with E-state index in [0.717, 1.165) is 25.1 Å². The van der Waals surface area contributed by atoms with Crippen LogP contribution in [0.1, 0.15) is 24.8 Å². The van der Waals surface area contributed by atoms with Crippen molar-refractivity contribution in [2.45, 2.75) is 25.7 Å². The third-order valence-corrected chi connectivity index (χ3v) is 3.16. The van der Waals surface area contributed by atoms with Crippen LogP contribution in [0.3, 0.4) is 0 Å². The molecule has 0 amide bonds. The van der Waals surface area contributed by atoms with Gasteiger partial charge in [-0.05, 0) is 44.5 Å². The fourth-order valence-electron chi connectivity index (χ4n) is 2.15. The molecular formula is C15H25NO3. The van der Waals surface area contributed by atoms with Crippen molar-refractivity contribution in [3.63, 3.8) is 0 Å². The molecule has 0 bridgehead atoms. The first-order chi connectivity index (χ1) is 9.28. The van der Waals surface area contributed by atoms with E-state index in [1.54, 1.807) is 21.3 Å². The number of methoxy groups -OCH3 is 3. The van der Waals surface area contributed by atoms with Gasteiger partial charge in [-0.15, -0.1) is 0 Å². The monoisotopic (exact) mass is 267 g/mol. The fourth-order valence-corrected chi connectivity index (χ4v) is 2.15. The van der Waals surface area contributed by atoms with Crippen molar-refractivity contribution in [2.75, 3.05) is 34.9 Å². The molecule has 108 valence electrons. The van der Waals surface area contributed by atoms with Crippen molar-refractivity contribution < 1.29 is 14.2 Å². The summed E-state index contributed by atoms with van der Waals surface area (Å²) in [5, 5.41) is 3.16. The highest BCUT2D eigenvalue weighted by Crippen LogP contribution is 2.40. The topological polar surface area (TPSA) is 39.7 Å². The molecule has 0 radical (unpaired) electrons. The minimum atomic E-state index is 0.678. The van der Waals surface area contributed by atoms with E-state index in [0.29, 0.717) is 11.5 Å². The molecule has 4 heteroatoms. The molecule has 0 saturated carbocycles. The van der Waals surface area contributed by atoms with Gasteiger partial charge in [-0.25, -0.2) is 0 Å². The molecule has 0 saturated heterocycles. The van der Waals surface area contributed by atoms with Gasteiger partial charge >= 0.3 is 0 Å². The number of benzene rings is 1. The maximum absolute atomic E-state index is 5.47. The Hall–Kier alpha value is -1.42. The summed E-state index contributed by atoms with van der Waals surface area (Å²) in [5.74, 6) is 2.17. The maximum Gasteiger partial charge on any atom is 0.203 e. The van der Waals surface area contributed by atoms with Crippen LogP contribution in [0.5, 0.6) is 17.2 Å². The molecule has 0 aromatic heterocycles. The molecule has 0 heterocycles. The van der Waals surface area contributed by atoms with Gasteiger partial charge in [-0.3, -0.25) is 0 Å². The zero-order chi connectivity index (χ0) is 14.1. The van der Waals surface area contributed by atoms with Crippen molar-refractivity contribution in [2.24, 2.45) is 0 Å². The Kier molecular flexibility index (Phi) is 7.11. The lowest BCUT2D eigenvalue weighted by Crippen LogP contribution is -2.07. The first-order valence-corrected chi connectivity index (χ1v) is 6.70. The van der Waals surface area contributed by atoms with Gasteiger partial charge in [0.15, 0.2) is 11.5 Å². The predicted molar refractivity (Wildman–Crippen MR) is 77.6 cm³/mol. The number of aryl methyl sites for hydroxylation is 1. The van der Waals surface area contributed by atoms with Crippen LogP contribution in [0.25, 0.3) is 0 Å². The number of ether oxygens (including phenoxy) is 3. The summed E-state index contributed by atoms with van der Waals surface area (Å²) in [6.07, 6.45) is 4.55. The quantitative estimate of drug-likeness (QED) is 0.698. The van der Waals surface area contributed by atoms with Gasteiger partial charge in [0, 0.05) is 0 Å². The van der Waals surface area contributed by atoms with Crippen LogP contribution < -0.4 is 19.5 Å². The van der Waals surface area contributed by atoms with Crippen LogP contribution in [0, 0.1) is 0 Å². The average Bonchev–Trinajstić information content (AvgIpc) is 2.45. The highest BCUT2D eigenvalue weighted by atomic mass is 16.5. The maximum atomic E-state index is 5.47. The molecule has 0 spiro atoms. The Balaban J connectivity index is 2.72. The van der Waals surface area contributed by atoms with E-state index in [4.69, 9.17) is 14.2 Å². The SMILES string of the molecule is CNCCCCCc1ccc(OC)c(OC)c1OC. The summed E-state index contributed by atoms with van der Waals surface area (Å²) >= 11 is 0.